The van der Waals surface area contributed by atoms with Gasteiger partial charge < -0.3 is 13.9 Å². The molecule has 0 fully saturated rings. The van der Waals surface area contributed by atoms with Gasteiger partial charge >= 0.3 is 0 Å². The van der Waals surface area contributed by atoms with Gasteiger partial charge in [0.05, 0.1) is 24.9 Å². The van der Waals surface area contributed by atoms with Crippen LogP contribution in [-0.4, -0.2) is 13.2 Å². The highest BCUT2D eigenvalue weighted by Gasteiger charge is 2.19. The van der Waals surface area contributed by atoms with Crippen molar-refractivity contribution in [2.45, 2.75) is 11.8 Å². The lowest BCUT2D eigenvalue weighted by Crippen LogP contribution is -1.97. The number of benzene rings is 1. The Balaban J connectivity index is 1.93. The predicted octanol–water partition coefficient (Wildman–Crippen LogP) is 4.53. The van der Waals surface area contributed by atoms with Gasteiger partial charge in [-0.15, -0.1) is 11.6 Å². The average Bonchev–Trinajstić information content (AvgIpc) is 2.72. The maximum absolute atomic E-state index is 6.48. The molecule has 1 unspecified atom stereocenters. The molecule has 0 spiro atoms. The Bertz CT molecular complexity index is 582. The van der Waals surface area contributed by atoms with E-state index < -0.39 is 0 Å². The molecule has 0 bridgehead atoms. The number of furan rings is 1. The quantitative estimate of drug-likeness (QED) is 0.751. The van der Waals surface area contributed by atoms with Crippen molar-refractivity contribution in [3.63, 3.8) is 0 Å². The largest absolute Gasteiger partial charge is 0.490 e. The van der Waals surface area contributed by atoms with Crippen LogP contribution in [0.1, 0.15) is 22.9 Å². The number of halogens is 2. The Kier molecular flexibility index (Phi) is 3.71. The summed E-state index contributed by atoms with van der Waals surface area (Å²) < 4.78 is 17.1. The highest BCUT2D eigenvalue weighted by molar-refractivity contribution is 9.10. The molecule has 2 heterocycles. The van der Waals surface area contributed by atoms with Crippen LogP contribution >= 0.6 is 27.5 Å². The van der Waals surface area contributed by atoms with Crippen LogP contribution in [-0.2, 0) is 0 Å². The van der Waals surface area contributed by atoms with Crippen LogP contribution in [0.4, 0.5) is 0 Å². The first-order valence-corrected chi connectivity index (χ1v) is 7.25. The molecule has 1 aromatic carbocycles. The van der Waals surface area contributed by atoms with E-state index in [0.717, 1.165) is 29.0 Å². The second-order valence-electron chi connectivity index (χ2n) is 4.27. The third-order valence-corrected chi connectivity index (χ3v) is 4.12. The summed E-state index contributed by atoms with van der Waals surface area (Å²) in [5.41, 5.74) is 1.85. The lowest BCUT2D eigenvalue weighted by Gasteiger charge is -2.12. The molecule has 0 radical (unpaired) electrons. The minimum atomic E-state index is -0.287. The molecule has 3 rings (SSSR count). The molecule has 19 heavy (non-hydrogen) atoms. The lowest BCUT2D eigenvalue weighted by molar-refractivity contribution is 0.297. The second kappa shape index (κ2) is 5.47. The van der Waals surface area contributed by atoms with Gasteiger partial charge in [0.15, 0.2) is 16.2 Å². The standard InChI is InChI=1S/C14H12BrClO3/c15-14-10(4-7-19-14)13(16)9-2-3-11-12(8-9)18-6-1-5-17-11/h2-4,7-8,13H,1,5-6H2. The van der Waals surface area contributed by atoms with Crippen molar-refractivity contribution in [2.75, 3.05) is 13.2 Å². The van der Waals surface area contributed by atoms with Crippen LogP contribution in [0.3, 0.4) is 0 Å². The topological polar surface area (TPSA) is 31.6 Å². The van der Waals surface area contributed by atoms with Crippen molar-refractivity contribution in [1.29, 1.82) is 0 Å². The van der Waals surface area contributed by atoms with Crippen LogP contribution in [0.25, 0.3) is 0 Å². The Labute approximate surface area is 124 Å². The molecule has 0 saturated heterocycles. The fraction of sp³-hybridized carbons (Fsp3) is 0.286. The summed E-state index contributed by atoms with van der Waals surface area (Å²) in [6, 6.07) is 7.63. The van der Waals surface area contributed by atoms with Gasteiger partial charge in [-0.3, -0.25) is 0 Å². The maximum Gasteiger partial charge on any atom is 0.173 e. The Morgan fingerprint density at radius 3 is 2.63 bits per heavy atom. The van der Waals surface area contributed by atoms with Gasteiger partial charge in [-0.2, -0.15) is 0 Å². The molecule has 100 valence electrons. The van der Waals surface area contributed by atoms with E-state index in [2.05, 4.69) is 15.9 Å². The van der Waals surface area contributed by atoms with Gasteiger partial charge in [0.1, 0.15) is 0 Å². The molecule has 3 nitrogen and oxygen atoms in total. The maximum atomic E-state index is 6.48. The fourth-order valence-corrected chi connectivity index (χ4v) is 2.91. The Morgan fingerprint density at radius 2 is 1.89 bits per heavy atom. The number of alkyl halides is 1. The first kappa shape index (κ1) is 12.9. The first-order chi connectivity index (χ1) is 9.25. The number of ether oxygens (including phenoxy) is 2. The van der Waals surface area contributed by atoms with Gasteiger partial charge in [-0.05, 0) is 39.7 Å². The highest BCUT2D eigenvalue weighted by Crippen LogP contribution is 2.39. The smallest absolute Gasteiger partial charge is 0.173 e. The van der Waals surface area contributed by atoms with E-state index in [0.29, 0.717) is 17.9 Å². The number of hydrogen-bond acceptors (Lipinski definition) is 3. The molecule has 1 atom stereocenters. The molecule has 0 aliphatic carbocycles. The summed E-state index contributed by atoms with van der Waals surface area (Å²) in [5, 5.41) is -0.287. The van der Waals surface area contributed by atoms with Crippen molar-refractivity contribution in [2.24, 2.45) is 0 Å². The molecule has 1 aliphatic heterocycles. The zero-order valence-corrected chi connectivity index (χ0v) is 12.4. The molecule has 1 aromatic heterocycles. The summed E-state index contributed by atoms with van der Waals surface area (Å²) >= 11 is 9.82. The monoisotopic (exact) mass is 342 g/mol. The third-order valence-electron chi connectivity index (χ3n) is 2.98. The van der Waals surface area contributed by atoms with Gasteiger partial charge in [-0.25, -0.2) is 0 Å². The Hall–Kier alpha value is -1.13. The van der Waals surface area contributed by atoms with E-state index in [4.69, 9.17) is 25.5 Å². The number of fused-ring (bicyclic) bond motifs is 1. The minimum absolute atomic E-state index is 0.287. The summed E-state index contributed by atoms with van der Waals surface area (Å²) in [7, 11) is 0. The van der Waals surface area contributed by atoms with Crippen molar-refractivity contribution in [3.05, 3.63) is 46.3 Å². The van der Waals surface area contributed by atoms with Crippen molar-refractivity contribution in [3.8, 4) is 11.5 Å². The molecule has 1 aliphatic rings. The summed E-state index contributed by atoms with van der Waals surface area (Å²) in [6.07, 6.45) is 2.50. The van der Waals surface area contributed by atoms with Gasteiger partial charge in [0.25, 0.3) is 0 Å². The Morgan fingerprint density at radius 1 is 1.11 bits per heavy atom. The molecule has 0 N–H and O–H groups in total. The molecule has 5 heteroatoms. The van der Waals surface area contributed by atoms with Crippen LogP contribution in [0.2, 0.25) is 0 Å². The molecule has 2 aromatic rings. The van der Waals surface area contributed by atoms with Crippen molar-refractivity contribution >= 4 is 27.5 Å². The minimum Gasteiger partial charge on any atom is -0.490 e. The number of hydrogen-bond donors (Lipinski definition) is 0. The third kappa shape index (κ3) is 2.60. The van der Waals surface area contributed by atoms with Gasteiger partial charge in [-0.1, -0.05) is 6.07 Å². The second-order valence-corrected chi connectivity index (χ2v) is 5.43. The van der Waals surface area contributed by atoms with E-state index in [1.54, 1.807) is 6.26 Å². The SMILES string of the molecule is ClC(c1ccc2c(c1)OCCCO2)c1ccoc1Br. The first-order valence-electron chi connectivity index (χ1n) is 6.02. The highest BCUT2D eigenvalue weighted by atomic mass is 79.9. The normalized spacial score (nSPS) is 15.9. The van der Waals surface area contributed by atoms with Gasteiger partial charge in [0.2, 0.25) is 0 Å². The molecular formula is C14H12BrClO3. The van der Waals surface area contributed by atoms with E-state index in [1.807, 2.05) is 24.3 Å². The van der Waals surface area contributed by atoms with Crippen molar-refractivity contribution in [1.82, 2.24) is 0 Å². The van der Waals surface area contributed by atoms with E-state index >= 15 is 0 Å². The van der Waals surface area contributed by atoms with Gasteiger partial charge in [0, 0.05) is 12.0 Å². The molecular weight excluding hydrogens is 332 g/mol. The van der Waals surface area contributed by atoms with Crippen LogP contribution < -0.4 is 9.47 Å². The average molecular weight is 344 g/mol. The van der Waals surface area contributed by atoms with Crippen LogP contribution in [0, 0.1) is 0 Å². The zero-order chi connectivity index (χ0) is 13.2. The summed E-state index contributed by atoms with van der Waals surface area (Å²) in [6.45, 7) is 1.35. The zero-order valence-electron chi connectivity index (χ0n) is 10.1. The summed E-state index contributed by atoms with van der Waals surface area (Å²) in [4.78, 5) is 0. The van der Waals surface area contributed by atoms with E-state index in [-0.39, 0.29) is 5.38 Å². The molecule has 0 saturated carbocycles. The fourth-order valence-electron chi connectivity index (χ4n) is 2.00. The predicted molar refractivity (Wildman–Crippen MR) is 76.2 cm³/mol. The summed E-state index contributed by atoms with van der Waals surface area (Å²) in [5.74, 6) is 1.52. The number of rotatable bonds is 2. The van der Waals surface area contributed by atoms with Crippen LogP contribution in [0.15, 0.2) is 39.6 Å². The van der Waals surface area contributed by atoms with Crippen molar-refractivity contribution < 1.29 is 13.9 Å². The van der Waals surface area contributed by atoms with E-state index in [1.165, 1.54) is 0 Å². The van der Waals surface area contributed by atoms with Crippen LogP contribution in [0.5, 0.6) is 11.5 Å². The van der Waals surface area contributed by atoms with E-state index in [9.17, 15) is 0 Å². The lowest BCUT2D eigenvalue weighted by atomic mass is 10.1. The molecule has 0 amide bonds.